The lowest BCUT2D eigenvalue weighted by atomic mass is 9.92. The first-order valence-electron chi connectivity index (χ1n) is 9.43. The first-order chi connectivity index (χ1) is 13.5. The monoisotopic (exact) mass is 404 g/mol. The largest absolute Gasteiger partial charge is 0.393 e. The van der Waals surface area contributed by atoms with Crippen molar-refractivity contribution in [3.05, 3.63) is 65.7 Å². The van der Waals surface area contributed by atoms with Gasteiger partial charge >= 0.3 is 0 Å². The molecule has 1 heterocycles. The third-order valence-electron chi connectivity index (χ3n) is 5.24. The van der Waals surface area contributed by atoms with Gasteiger partial charge in [0.15, 0.2) is 5.79 Å². The number of rotatable bonds is 8. The van der Waals surface area contributed by atoms with E-state index in [1.54, 1.807) is 7.11 Å². The van der Waals surface area contributed by atoms with E-state index in [4.69, 9.17) is 14.2 Å². The lowest BCUT2D eigenvalue weighted by Gasteiger charge is -2.44. The highest BCUT2D eigenvalue weighted by Gasteiger charge is 2.45. The van der Waals surface area contributed by atoms with Crippen LogP contribution in [0.2, 0.25) is 0 Å². The molecule has 28 heavy (non-hydrogen) atoms. The second-order valence-corrected chi connectivity index (χ2v) is 8.77. The zero-order valence-corrected chi connectivity index (χ0v) is 17.2. The van der Waals surface area contributed by atoms with Gasteiger partial charge in [-0.3, -0.25) is 4.21 Å². The van der Waals surface area contributed by atoms with Crippen molar-refractivity contribution in [3.8, 4) is 0 Å². The first kappa shape index (κ1) is 21.1. The predicted octanol–water partition coefficient (Wildman–Crippen LogP) is 3.20. The quantitative estimate of drug-likeness (QED) is 0.732. The van der Waals surface area contributed by atoms with Crippen LogP contribution in [0.5, 0.6) is 0 Å². The van der Waals surface area contributed by atoms with Crippen molar-refractivity contribution < 1.29 is 23.5 Å². The van der Waals surface area contributed by atoms with Crippen molar-refractivity contribution in [1.29, 1.82) is 0 Å². The van der Waals surface area contributed by atoms with Crippen molar-refractivity contribution >= 4 is 10.8 Å². The number of ether oxygens (including phenoxy) is 3. The van der Waals surface area contributed by atoms with Crippen molar-refractivity contribution in [2.45, 2.75) is 42.7 Å². The van der Waals surface area contributed by atoms with Crippen LogP contribution in [-0.2, 0) is 31.6 Å². The molecule has 0 radical (unpaired) electrons. The Hall–Kier alpha value is -1.57. The lowest BCUT2D eigenvalue weighted by molar-refractivity contribution is -0.281. The van der Waals surface area contributed by atoms with E-state index < -0.39 is 22.2 Å². The van der Waals surface area contributed by atoms with Crippen LogP contribution >= 0.6 is 0 Å². The van der Waals surface area contributed by atoms with Gasteiger partial charge in [-0.25, -0.2) is 0 Å². The van der Waals surface area contributed by atoms with Crippen LogP contribution in [0, 0.1) is 6.92 Å². The highest BCUT2D eigenvalue weighted by atomic mass is 32.2. The van der Waals surface area contributed by atoms with Gasteiger partial charge in [0.05, 0.1) is 36.4 Å². The molecular formula is C22H28O5S. The van der Waals surface area contributed by atoms with Gasteiger partial charge < -0.3 is 19.3 Å². The minimum Gasteiger partial charge on any atom is -0.393 e. The van der Waals surface area contributed by atoms with Gasteiger partial charge in [0.1, 0.15) is 5.60 Å². The van der Waals surface area contributed by atoms with Crippen LogP contribution in [0.1, 0.15) is 24.0 Å². The highest BCUT2D eigenvalue weighted by molar-refractivity contribution is 7.85. The van der Waals surface area contributed by atoms with Crippen molar-refractivity contribution in [2.24, 2.45) is 0 Å². The summed E-state index contributed by atoms with van der Waals surface area (Å²) in [5, 5.41) is 9.94. The van der Waals surface area contributed by atoms with E-state index in [-0.39, 0.29) is 19.0 Å². The Morgan fingerprint density at radius 2 is 1.82 bits per heavy atom. The second kappa shape index (κ2) is 9.29. The molecular weight excluding hydrogens is 376 g/mol. The Balaban J connectivity index is 1.62. The normalized spacial score (nSPS) is 26.1. The summed E-state index contributed by atoms with van der Waals surface area (Å²) in [4.78, 5) is 0.755. The van der Waals surface area contributed by atoms with Crippen LogP contribution < -0.4 is 0 Å². The highest BCUT2D eigenvalue weighted by Crippen LogP contribution is 2.35. The molecule has 5 nitrogen and oxygen atoms in total. The lowest BCUT2D eigenvalue weighted by Crippen LogP contribution is -2.54. The molecule has 2 aromatic rings. The van der Waals surface area contributed by atoms with E-state index in [0.717, 1.165) is 16.0 Å². The Bertz CT molecular complexity index is 767. The van der Waals surface area contributed by atoms with Gasteiger partial charge in [0.25, 0.3) is 0 Å². The summed E-state index contributed by atoms with van der Waals surface area (Å²) >= 11 is 0. The molecule has 1 saturated heterocycles. The third kappa shape index (κ3) is 5.07. The van der Waals surface area contributed by atoms with Crippen LogP contribution in [0.15, 0.2) is 59.5 Å². The third-order valence-corrected chi connectivity index (χ3v) is 6.74. The molecule has 3 atom stereocenters. The molecule has 2 aromatic carbocycles. The van der Waals surface area contributed by atoms with Crippen molar-refractivity contribution in [1.82, 2.24) is 0 Å². The molecule has 0 saturated carbocycles. The van der Waals surface area contributed by atoms with Gasteiger partial charge in [-0.15, -0.1) is 0 Å². The SMILES string of the molecule is COC1(C[S@@](=O)c2ccc(C)cc2)CCC(CO)(OCc2ccccc2)CO1. The van der Waals surface area contributed by atoms with Crippen LogP contribution in [-0.4, -0.2) is 46.8 Å². The van der Waals surface area contributed by atoms with Gasteiger partial charge in [-0.05, 0) is 31.0 Å². The van der Waals surface area contributed by atoms with E-state index in [1.165, 1.54) is 0 Å². The number of methoxy groups -OCH3 is 1. The molecule has 1 aliphatic rings. The zero-order chi connectivity index (χ0) is 20.0. The fraction of sp³-hybridized carbons (Fsp3) is 0.455. The number of aryl methyl sites for hydroxylation is 1. The van der Waals surface area contributed by atoms with Crippen molar-refractivity contribution in [2.75, 3.05) is 26.1 Å². The van der Waals surface area contributed by atoms with Crippen LogP contribution in [0.25, 0.3) is 0 Å². The summed E-state index contributed by atoms with van der Waals surface area (Å²) in [5.74, 6) is -0.697. The fourth-order valence-corrected chi connectivity index (χ4v) is 4.58. The maximum absolute atomic E-state index is 12.8. The molecule has 0 aliphatic carbocycles. The van der Waals surface area contributed by atoms with E-state index in [2.05, 4.69) is 0 Å². The van der Waals surface area contributed by atoms with Gasteiger partial charge in [-0.1, -0.05) is 48.0 Å². The van der Waals surface area contributed by atoms with Crippen LogP contribution in [0.4, 0.5) is 0 Å². The Kier molecular flexibility index (Phi) is 7.01. The molecule has 152 valence electrons. The molecule has 0 aromatic heterocycles. The Morgan fingerprint density at radius 1 is 1.11 bits per heavy atom. The minimum atomic E-state index is -1.24. The smallest absolute Gasteiger partial charge is 0.180 e. The summed E-state index contributed by atoms with van der Waals surface area (Å²) in [6.07, 6.45) is 1.06. The Morgan fingerprint density at radius 3 is 2.39 bits per heavy atom. The molecule has 2 unspecified atom stereocenters. The summed E-state index contributed by atoms with van der Waals surface area (Å²) in [6, 6.07) is 17.5. The van der Waals surface area contributed by atoms with E-state index in [1.807, 2.05) is 61.5 Å². The summed E-state index contributed by atoms with van der Waals surface area (Å²) in [5.41, 5.74) is 1.39. The molecule has 1 N–H and O–H groups in total. The second-order valence-electron chi connectivity index (χ2n) is 7.32. The molecule has 1 aliphatic heterocycles. The molecule has 3 rings (SSSR count). The minimum absolute atomic E-state index is 0.138. The fourth-order valence-electron chi connectivity index (χ4n) is 3.23. The molecule has 0 amide bonds. The molecule has 0 spiro atoms. The molecule has 1 fully saturated rings. The number of hydrogen-bond donors (Lipinski definition) is 1. The maximum atomic E-state index is 12.8. The topological polar surface area (TPSA) is 65.0 Å². The number of aliphatic hydroxyl groups excluding tert-OH is 1. The summed E-state index contributed by atoms with van der Waals surface area (Å²) < 4.78 is 30.5. The first-order valence-corrected chi connectivity index (χ1v) is 10.7. The van der Waals surface area contributed by atoms with Crippen molar-refractivity contribution in [3.63, 3.8) is 0 Å². The number of hydrogen-bond acceptors (Lipinski definition) is 5. The van der Waals surface area contributed by atoms with Gasteiger partial charge in [0.2, 0.25) is 0 Å². The average molecular weight is 405 g/mol. The molecule has 6 heteroatoms. The molecule has 0 bridgehead atoms. The van der Waals surface area contributed by atoms with E-state index >= 15 is 0 Å². The summed E-state index contributed by atoms with van der Waals surface area (Å²) in [6.45, 7) is 2.45. The average Bonchev–Trinajstić information content (AvgIpc) is 2.75. The van der Waals surface area contributed by atoms with Gasteiger partial charge in [0, 0.05) is 18.4 Å². The van der Waals surface area contributed by atoms with Gasteiger partial charge in [-0.2, -0.15) is 0 Å². The predicted molar refractivity (Wildman–Crippen MR) is 108 cm³/mol. The Labute approximate surface area is 169 Å². The number of aliphatic hydroxyl groups is 1. The van der Waals surface area contributed by atoms with E-state index in [0.29, 0.717) is 19.4 Å². The zero-order valence-electron chi connectivity index (χ0n) is 16.4. The van der Waals surface area contributed by atoms with Crippen LogP contribution in [0.3, 0.4) is 0 Å². The summed E-state index contributed by atoms with van der Waals surface area (Å²) in [7, 11) is 0.331. The maximum Gasteiger partial charge on any atom is 0.180 e. The van der Waals surface area contributed by atoms with E-state index in [9.17, 15) is 9.32 Å². The number of benzene rings is 2. The standard InChI is InChI=1S/C22H28O5S/c1-18-8-10-20(11-9-18)28(24)17-22(25-2)13-12-21(15-23,16-27-22)26-14-19-6-4-3-5-7-19/h3-11,23H,12-17H2,1-2H3/t21?,22?,28-/m1/s1.